The summed E-state index contributed by atoms with van der Waals surface area (Å²) < 4.78 is 1.94. The Hall–Kier alpha value is -1.62. The number of carboxylic acid groups (broad SMARTS) is 1. The van der Waals surface area contributed by atoms with Gasteiger partial charge in [-0.05, 0) is 13.0 Å². The summed E-state index contributed by atoms with van der Waals surface area (Å²) in [5.41, 5.74) is 1.28. The van der Waals surface area contributed by atoms with E-state index in [-0.39, 0.29) is 0 Å². The van der Waals surface area contributed by atoms with Gasteiger partial charge in [-0.15, -0.1) is 11.3 Å². The number of hydrogen-bond acceptors (Lipinski definition) is 3. The van der Waals surface area contributed by atoms with Crippen LogP contribution in [0.1, 0.15) is 16.2 Å². The minimum absolute atomic E-state index is 0.328. The molecule has 2 aromatic rings. The Kier molecular flexibility index (Phi) is 2.32. The highest BCUT2D eigenvalue weighted by atomic mass is 32.1. The van der Waals surface area contributed by atoms with Gasteiger partial charge in [-0.2, -0.15) is 0 Å². The molecule has 0 atom stereocenters. The summed E-state index contributed by atoms with van der Waals surface area (Å²) in [6.07, 6.45) is 1.76. The molecule has 5 heteroatoms. The van der Waals surface area contributed by atoms with E-state index < -0.39 is 5.97 Å². The topological polar surface area (TPSA) is 55.1 Å². The van der Waals surface area contributed by atoms with Gasteiger partial charge in [-0.1, -0.05) is 0 Å². The van der Waals surface area contributed by atoms with Gasteiger partial charge in [-0.25, -0.2) is 9.78 Å². The van der Waals surface area contributed by atoms with Gasteiger partial charge in [-0.3, -0.25) is 0 Å². The lowest BCUT2D eigenvalue weighted by Crippen LogP contribution is -1.94. The SMILES string of the molecule is Cc1ncc(-c2cc(C(=O)O)cs2)n1C. The molecule has 0 fully saturated rings. The normalized spacial score (nSPS) is 10.5. The highest BCUT2D eigenvalue weighted by Gasteiger charge is 2.11. The van der Waals surface area contributed by atoms with E-state index in [9.17, 15) is 4.79 Å². The molecule has 0 aliphatic carbocycles. The van der Waals surface area contributed by atoms with E-state index in [4.69, 9.17) is 5.11 Å². The molecule has 2 rings (SSSR count). The molecular formula is C10H10N2O2S. The van der Waals surface area contributed by atoms with Crippen molar-refractivity contribution in [2.45, 2.75) is 6.92 Å². The molecule has 0 radical (unpaired) electrons. The molecule has 0 amide bonds. The predicted octanol–water partition coefficient (Wildman–Crippen LogP) is 2.16. The average Bonchev–Trinajstić information content (AvgIpc) is 2.76. The van der Waals surface area contributed by atoms with Gasteiger partial charge in [0.25, 0.3) is 0 Å². The van der Waals surface area contributed by atoms with Gasteiger partial charge in [0.1, 0.15) is 5.82 Å². The van der Waals surface area contributed by atoms with Crippen LogP contribution in [0.5, 0.6) is 0 Å². The van der Waals surface area contributed by atoms with Crippen molar-refractivity contribution in [3.8, 4) is 10.6 Å². The Labute approximate surface area is 90.8 Å². The zero-order valence-corrected chi connectivity index (χ0v) is 9.21. The maximum absolute atomic E-state index is 10.7. The number of nitrogens with zero attached hydrogens (tertiary/aromatic N) is 2. The number of aromatic carboxylic acids is 1. The number of aromatic nitrogens is 2. The second-order valence-electron chi connectivity index (χ2n) is 3.25. The van der Waals surface area contributed by atoms with E-state index in [2.05, 4.69) is 4.98 Å². The van der Waals surface area contributed by atoms with Crippen LogP contribution in [0.3, 0.4) is 0 Å². The summed E-state index contributed by atoms with van der Waals surface area (Å²) in [7, 11) is 1.91. The quantitative estimate of drug-likeness (QED) is 0.847. The van der Waals surface area contributed by atoms with Crippen LogP contribution in [0, 0.1) is 6.92 Å². The van der Waals surface area contributed by atoms with Crippen molar-refractivity contribution in [3.63, 3.8) is 0 Å². The first-order chi connectivity index (χ1) is 7.09. The minimum Gasteiger partial charge on any atom is -0.478 e. The molecule has 1 N–H and O–H groups in total. The van der Waals surface area contributed by atoms with Crippen LogP contribution in [0.4, 0.5) is 0 Å². The van der Waals surface area contributed by atoms with Gasteiger partial charge >= 0.3 is 5.97 Å². The van der Waals surface area contributed by atoms with Crippen LogP contribution in [0.2, 0.25) is 0 Å². The fourth-order valence-corrected chi connectivity index (χ4v) is 2.24. The molecule has 4 nitrogen and oxygen atoms in total. The molecule has 15 heavy (non-hydrogen) atoms. The molecule has 0 aromatic carbocycles. The predicted molar refractivity (Wildman–Crippen MR) is 58.2 cm³/mol. The van der Waals surface area contributed by atoms with Crippen LogP contribution in [0.15, 0.2) is 17.6 Å². The summed E-state index contributed by atoms with van der Waals surface area (Å²) >= 11 is 1.42. The Morgan fingerprint density at radius 2 is 2.33 bits per heavy atom. The van der Waals surface area contributed by atoms with E-state index in [1.165, 1.54) is 11.3 Å². The third-order valence-electron chi connectivity index (χ3n) is 2.32. The molecule has 0 spiro atoms. The van der Waals surface area contributed by atoms with E-state index in [1.54, 1.807) is 17.6 Å². The lowest BCUT2D eigenvalue weighted by atomic mass is 10.3. The van der Waals surface area contributed by atoms with Crippen LogP contribution >= 0.6 is 11.3 Å². The van der Waals surface area contributed by atoms with Crippen LogP contribution < -0.4 is 0 Å². The Morgan fingerprint density at radius 3 is 2.80 bits per heavy atom. The molecule has 0 bridgehead atoms. The standard InChI is InChI=1S/C10H10N2O2S/c1-6-11-4-8(12(6)2)9-3-7(5-15-9)10(13)14/h3-5H,1-2H3,(H,13,14). The monoisotopic (exact) mass is 222 g/mol. The summed E-state index contributed by atoms with van der Waals surface area (Å²) in [5.74, 6) is 0.0201. The van der Waals surface area contributed by atoms with Gasteiger partial charge in [0.2, 0.25) is 0 Å². The number of thiophene rings is 1. The maximum atomic E-state index is 10.7. The van der Waals surface area contributed by atoms with Crippen molar-refractivity contribution in [2.75, 3.05) is 0 Å². The molecule has 0 aliphatic rings. The number of aryl methyl sites for hydroxylation is 1. The van der Waals surface area contributed by atoms with E-state index in [0.717, 1.165) is 16.4 Å². The van der Waals surface area contributed by atoms with Crippen molar-refractivity contribution in [1.82, 2.24) is 9.55 Å². The molecule has 0 unspecified atom stereocenters. The first kappa shape index (κ1) is 9.92. The van der Waals surface area contributed by atoms with Crippen molar-refractivity contribution in [1.29, 1.82) is 0 Å². The molecule has 0 saturated heterocycles. The highest BCUT2D eigenvalue weighted by molar-refractivity contribution is 7.13. The summed E-state index contributed by atoms with van der Waals surface area (Å²) in [6, 6.07) is 1.67. The van der Waals surface area contributed by atoms with E-state index in [0.29, 0.717) is 5.56 Å². The molecule has 0 aliphatic heterocycles. The summed E-state index contributed by atoms with van der Waals surface area (Å²) in [4.78, 5) is 15.8. The smallest absolute Gasteiger partial charge is 0.336 e. The van der Waals surface area contributed by atoms with Crippen LogP contribution in [-0.4, -0.2) is 20.6 Å². The van der Waals surface area contributed by atoms with Crippen LogP contribution in [0.25, 0.3) is 10.6 Å². The number of carbonyl (C=O) groups is 1. The fraction of sp³-hybridized carbons (Fsp3) is 0.200. The molecule has 2 aromatic heterocycles. The lowest BCUT2D eigenvalue weighted by Gasteiger charge is -1.99. The molecule has 78 valence electrons. The van der Waals surface area contributed by atoms with Gasteiger partial charge in [0, 0.05) is 12.4 Å². The first-order valence-electron chi connectivity index (χ1n) is 4.40. The number of imidazole rings is 1. The van der Waals surface area contributed by atoms with Crippen molar-refractivity contribution in [2.24, 2.45) is 7.05 Å². The lowest BCUT2D eigenvalue weighted by molar-refractivity contribution is 0.0697. The summed E-state index contributed by atoms with van der Waals surface area (Å²) in [6.45, 7) is 1.91. The largest absolute Gasteiger partial charge is 0.478 e. The first-order valence-corrected chi connectivity index (χ1v) is 5.28. The number of rotatable bonds is 2. The van der Waals surface area contributed by atoms with Gasteiger partial charge < -0.3 is 9.67 Å². The zero-order chi connectivity index (χ0) is 11.0. The van der Waals surface area contributed by atoms with Gasteiger partial charge in [0.15, 0.2) is 0 Å². The van der Waals surface area contributed by atoms with Crippen molar-refractivity contribution >= 4 is 17.3 Å². The third-order valence-corrected chi connectivity index (χ3v) is 3.27. The van der Waals surface area contributed by atoms with E-state index in [1.807, 2.05) is 18.5 Å². The zero-order valence-electron chi connectivity index (χ0n) is 8.39. The summed E-state index contributed by atoms with van der Waals surface area (Å²) in [5, 5.41) is 10.4. The van der Waals surface area contributed by atoms with Crippen molar-refractivity contribution in [3.05, 3.63) is 29.0 Å². The average molecular weight is 222 g/mol. The van der Waals surface area contributed by atoms with Gasteiger partial charge in [0.05, 0.1) is 22.3 Å². The van der Waals surface area contributed by atoms with E-state index >= 15 is 0 Å². The number of carboxylic acids is 1. The maximum Gasteiger partial charge on any atom is 0.336 e. The second-order valence-corrected chi connectivity index (χ2v) is 4.17. The fourth-order valence-electron chi connectivity index (χ4n) is 1.31. The third kappa shape index (κ3) is 1.66. The Morgan fingerprint density at radius 1 is 1.60 bits per heavy atom. The Bertz CT molecular complexity index is 513. The highest BCUT2D eigenvalue weighted by Crippen LogP contribution is 2.27. The minimum atomic E-state index is -0.892. The second kappa shape index (κ2) is 3.51. The molecule has 2 heterocycles. The number of hydrogen-bond donors (Lipinski definition) is 1. The molecular weight excluding hydrogens is 212 g/mol. The Balaban J connectivity index is 2.46. The molecule has 0 saturated carbocycles. The van der Waals surface area contributed by atoms with Crippen molar-refractivity contribution < 1.29 is 9.90 Å². The van der Waals surface area contributed by atoms with Crippen LogP contribution in [-0.2, 0) is 7.05 Å².